The molecule has 4 aromatic rings. The smallest absolute Gasteiger partial charge is 0.228 e. The average molecular weight is 461 g/mol. The van der Waals surface area contributed by atoms with E-state index in [4.69, 9.17) is 4.98 Å². The number of aliphatic hydroxyl groups is 1. The molecule has 0 bridgehead atoms. The summed E-state index contributed by atoms with van der Waals surface area (Å²) >= 11 is 0. The second-order valence-electron chi connectivity index (χ2n) is 8.68. The van der Waals surface area contributed by atoms with Crippen LogP contribution in [0.2, 0.25) is 0 Å². The third-order valence-corrected chi connectivity index (χ3v) is 6.45. The van der Waals surface area contributed by atoms with E-state index in [1.807, 2.05) is 22.6 Å². The lowest BCUT2D eigenvalue weighted by Gasteiger charge is -2.32. The summed E-state index contributed by atoms with van der Waals surface area (Å²) in [6, 6.07) is 11.8. The Bertz CT molecular complexity index is 1420. The number of aliphatic hydroxyl groups excluding tert-OH is 1. The lowest BCUT2D eigenvalue weighted by atomic mass is 10.0. The standard InChI is InChI=1S/C25H21F2N5O2/c26-17-4-1-14(2-5-17)22-23(15-3-6-19-16(11-15)12-21(34)29-19)32-10-8-28-24(25(32)30-22)31-9-7-20(33)18(27)13-31/h1-6,8,10-11,18,20,33H,7,9,12-13H2,(H,29,34)/t18-,20+/m1/s1. The topological polar surface area (TPSA) is 82.8 Å². The maximum absolute atomic E-state index is 14.3. The Morgan fingerprint density at radius 1 is 1.12 bits per heavy atom. The summed E-state index contributed by atoms with van der Waals surface area (Å²) in [5.41, 5.74) is 5.17. The molecule has 1 fully saturated rings. The summed E-state index contributed by atoms with van der Waals surface area (Å²) in [6.07, 6.45) is 1.67. The number of anilines is 2. The Balaban J connectivity index is 1.55. The third kappa shape index (κ3) is 3.40. The number of imidazole rings is 1. The number of carbonyl (C=O) groups excluding carboxylic acids is 1. The number of fused-ring (bicyclic) bond motifs is 2. The van der Waals surface area contributed by atoms with E-state index in [1.54, 1.807) is 29.4 Å². The normalized spacial score (nSPS) is 20.0. The number of alkyl halides is 1. The summed E-state index contributed by atoms with van der Waals surface area (Å²) < 4.78 is 29.9. The lowest BCUT2D eigenvalue weighted by molar-refractivity contribution is -0.115. The maximum atomic E-state index is 14.3. The number of benzene rings is 2. The maximum Gasteiger partial charge on any atom is 0.228 e. The molecule has 2 aliphatic heterocycles. The summed E-state index contributed by atoms with van der Waals surface area (Å²) in [7, 11) is 0. The first kappa shape index (κ1) is 20.7. The summed E-state index contributed by atoms with van der Waals surface area (Å²) in [6.45, 7) is 0.476. The highest BCUT2D eigenvalue weighted by Crippen LogP contribution is 2.37. The van der Waals surface area contributed by atoms with Crippen LogP contribution < -0.4 is 10.2 Å². The molecule has 172 valence electrons. The van der Waals surface area contributed by atoms with Crippen molar-refractivity contribution in [1.82, 2.24) is 14.4 Å². The number of piperidine rings is 1. The molecule has 2 aromatic heterocycles. The predicted molar refractivity (Wildman–Crippen MR) is 124 cm³/mol. The van der Waals surface area contributed by atoms with Gasteiger partial charge in [0, 0.05) is 35.8 Å². The summed E-state index contributed by atoms with van der Waals surface area (Å²) in [4.78, 5) is 23.0. The van der Waals surface area contributed by atoms with Crippen molar-refractivity contribution in [3.63, 3.8) is 0 Å². The SMILES string of the molecule is O=C1Cc2cc(-c3c(-c4ccc(F)cc4)nc4c(N5CC[C@H](O)[C@H](F)C5)nccn34)ccc2N1. The summed E-state index contributed by atoms with van der Waals surface area (Å²) in [5.74, 6) is 0.118. The molecule has 34 heavy (non-hydrogen) atoms. The number of nitrogens with one attached hydrogen (secondary N) is 1. The van der Waals surface area contributed by atoms with E-state index in [-0.39, 0.29) is 18.3 Å². The molecule has 1 amide bonds. The number of amides is 1. The molecule has 2 aliphatic rings. The Morgan fingerprint density at radius 2 is 1.91 bits per heavy atom. The van der Waals surface area contributed by atoms with Crippen LogP contribution in [0, 0.1) is 5.82 Å². The molecular formula is C25H21F2N5O2. The molecule has 2 atom stereocenters. The molecule has 0 spiro atoms. The molecule has 0 aliphatic carbocycles. The van der Waals surface area contributed by atoms with Crippen molar-refractivity contribution in [2.24, 2.45) is 0 Å². The van der Waals surface area contributed by atoms with Gasteiger partial charge in [-0.1, -0.05) is 6.07 Å². The van der Waals surface area contributed by atoms with E-state index in [0.717, 1.165) is 28.1 Å². The first-order valence-electron chi connectivity index (χ1n) is 11.1. The van der Waals surface area contributed by atoms with Gasteiger partial charge in [-0.05, 0) is 48.4 Å². The van der Waals surface area contributed by atoms with Gasteiger partial charge >= 0.3 is 0 Å². The quantitative estimate of drug-likeness (QED) is 0.487. The van der Waals surface area contributed by atoms with Gasteiger partial charge in [0.1, 0.15) is 12.0 Å². The van der Waals surface area contributed by atoms with Crippen molar-refractivity contribution in [2.75, 3.05) is 23.3 Å². The van der Waals surface area contributed by atoms with Crippen molar-refractivity contribution < 1.29 is 18.7 Å². The fourth-order valence-corrected chi connectivity index (χ4v) is 4.73. The molecule has 0 unspecified atom stereocenters. The Morgan fingerprint density at radius 3 is 2.71 bits per heavy atom. The molecular weight excluding hydrogens is 440 g/mol. The fraction of sp³-hybridized carbons (Fsp3) is 0.240. The van der Waals surface area contributed by atoms with E-state index >= 15 is 0 Å². The van der Waals surface area contributed by atoms with Crippen LogP contribution in [0.15, 0.2) is 54.9 Å². The third-order valence-electron chi connectivity index (χ3n) is 6.45. The number of aromatic nitrogens is 3. The Labute approximate surface area is 193 Å². The number of rotatable bonds is 3. The zero-order valence-electron chi connectivity index (χ0n) is 18.1. The highest BCUT2D eigenvalue weighted by atomic mass is 19.1. The van der Waals surface area contributed by atoms with Gasteiger partial charge in [0.05, 0.1) is 30.5 Å². The van der Waals surface area contributed by atoms with Gasteiger partial charge < -0.3 is 15.3 Å². The predicted octanol–water partition coefficient (Wildman–Crippen LogP) is 3.61. The molecule has 4 heterocycles. The van der Waals surface area contributed by atoms with Gasteiger partial charge in [-0.25, -0.2) is 18.7 Å². The largest absolute Gasteiger partial charge is 0.390 e. The number of carbonyl (C=O) groups is 1. The van der Waals surface area contributed by atoms with E-state index in [0.29, 0.717) is 36.5 Å². The average Bonchev–Trinajstić information content (AvgIpc) is 3.40. The number of halogens is 2. The van der Waals surface area contributed by atoms with E-state index in [9.17, 15) is 18.7 Å². The van der Waals surface area contributed by atoms with Crippen LogP contribution in [0.5, 0.6) is 0 Å². The van der Waals surface area contributed by atoms with Crippen molar-refractivity contribution in [2.45, 2.75) is 25.1 Å². The highest BCUT2D eigenvalue weighted by Gasteiger charge is 2.30. The van der Waals surface area contributed by atoms with Crippen LogP contribution in [0.3, 0.4) is 0 Å². The molecule has 9 heteroatoms. The molecule has 0 saturated carbocycles. The minimum Gasteiger partial charge on any atom is -0.390 e. The van der Waals surface area contributed by atoms with Crippen molar-refractivity contribution >= 4 is 23.1 Å². The van der Waals surface area contributed by atoms with E-state index in [2.05, 4.69) is 10.3 Å². The van der Waals surface area contributed by atoms with Gasteiger partial charge in [0.15, 0.2) is 11.5 Å². The first-order valence-corrected chi connectivity index (χ1v) is 11.1. The van der Waals surface area contributed by atoms with Crippen LogP contribution in [0.1, 0.15) is 12.0 Å². The number of hydrogen-bond donors (Lipinski definition) is 2. The molecule has 1 saturated heterocycles. The van der Waals surface area contributed by atoms with Crippen LogP contribution in [-0.4, -0.2) is 50.7 Å². The highest BCUT2D eigenvalue weighted by molar-refractivity contribution is 6.00. The zero-order chi connectivity index (χ0) is 23.4. The number of hydrogen-bond acceptors (Lipinski definition) is 5. The molecule has 2 aromatic carbocycles. The molecule has 0 radical (unpaired) electrons. The van der Waals surface area contributed by atoms with Crippen LogP contribution in [0.4, 0.5) is 20.3 Å². The second-order valence-corrected chi connectivity index (χ2v) is 8.68. The Kier molecular flexibility index (Phi) is 4.80. The first-order chi connectivity index (χ1) is 16.5. The van der Waals surface area contributed by atoms with Gasteiger partial charge in [-0.2, -0.15) is 0 Å². The van der Waals surface area contributed by atoms with Gasteiger partial charge in [0.25, 0.3) is 0 Å². The Hall–Kier alpha value is -3.85. The second kappa shape index (κ2) is 7.88. The van der Waals surface area contributed by atoms with Crippen molar-refractivity contribution in [3.8, 4) is 22.5 Å². The molecule has 7 nitrogen and oxygen atoms in total. The van der Waals surface area contributed by atoms with Crippen LogP contribution in [-0.2, 0) is 11.2 Å². The minimum absolute atomic E-state index is 0.0224. The van der Waals surface area contributed by atoms with E-state index < -0.39 is 12.3 Å². The van der Waals surface area contributed by atoms with Crippen LogP contribution >= 0.6 is 0 Å². The fourth-order valence-electron chi connectivity index (χ4n) is 4.73. The molecule has 6 rings (SSSR count). The van der Waals surface area contributed by atoms with Crippen LogP contribution in [0.25, 0.3) is 28.2 Å². The van der Waals surface area contributed by atoms with Crippen molar-refractivity contribution in [1.29, 1.82) is 0 Å². The van der Waals surface area contributed by atoms with Crippen molar-refractivity contribution in [3.05, 3.63) is 66.2 Å². The van der Waals surface area contributed by atoms with E-state index in [1.165, 1.54) is 12.1 Å². The zero-order valence-corrected chi connectivity index (χ0v) is 18.1. The monoisotopic (exact) mass is 461 g/mol. The lowest BCUT2D eigenvalue weighted by Crippen LogP contribution is -2.45. The molecule has 2 N–H and O–H groups in total. The minimum atomic E-state index is -1.37. The van der Waals surface area contributed by atoms with Gasteiger partial charge in [-0.15, -0.1) is 0 Å². The number of nitrogens with zero attached hydrogens (tertiary/aromatic N) is 4. The van der Waals surface area contributed by atoms with Gasteiger partial charge in [0.2, 0.25) is 5.91 Å². The van der Waals surface area contributed by atoms with Gasteiger partial charge in [-0.3, -0.25) is 9.20 Å². The summed E-state index contributed by atoms with van der Waals surface area (Å²) in [5, 5.41) is 12.7.